The average Bonchev–Trinajstić information content (AvgIpc) is 3.11. The molecular weight excluding hydrogens is 295 g/mol. The first kappa shape index (κ1) is 14.4. The van der Waals surface area contributed by atoms with Gasteiger partial charge in [-0.3, -0.25) is 0 Å². The van der Waals surface area contributed by atoms with E-state index < -0.39 is 18.6 Å². The van der Waals surface area contributed by atoms with Crippen LogP contribution in [0, 0.1) is 11.3 Å². The molecular formula is C14H12F3N5. The summed E-state index contributed by atoms with van der Waals surface area (Å²) >= 11 is 0. The summed E-state index contributed by atoms with van der Waals surface area (Å²) in [5.41, 5.74) is 2.13. The second-order valence-corrected chi connectivity index (χ2v) is 4.99. The number of anilines is 1. The number of fused-ring (bicyclic) bond motifs is 1. The van der Waals surface area contributed by atoms with Gasteiger partial charge in [0, 0.05) is 30.1 Å². The van der Waals surface area contributed by atoms with Gasteiger partial charge < -0.3 is 9.88 Å². The van der Waals surface area contributed by atoms with Crippen LogP contribution in [0.3, 0.4) is 0 Å². The molecule has 0 saturated carbocycles. The van der Waals surface area contributed by atoms with Crippen molar-refractivity contribution in [3.05, 3.63) is 30.4 Å². The number of nitrogens with one attached hydrogen (secondary N) is 1. The van der Waals surface area contributed by atoms with Crippen molar-refractivity contribution in [2.24, 2.45) is 0 Å². The van der Waals surface area contributed by atoms with Crippen molar-refractivity contribution in [2.45, 2.75) is 25.1 Å². The Bertz CT molecular complexity index is 729. The molecule has 2 aromatic rings. The normalized spacial score (nSPS) is 15.0. The average molecular weight is 307 g/mol. The maximum atomic E-state index is 13.0. The topological polar surface area (TPSA) is 66.5 Å². The van der Waals surface area contributed by atoms with Crippen LogP contribution in [-0.4, -0.2) is 27.3 Å². The Hall–Kier alpha value is -2.56. The SMILES string of the molecule is N#CC[C@@H](n1ccc(-c2ncnc3c2CCN3)c1)C(F)(F)F. The maximum Gasteiger partial charge on any atom is 0.410 e. The summed E-state index contributed by atoms with van der Waals surface area (Å²) in [5, 5.41) is 11.7. The lowest BCUT2D eigenvalue weighted by atomic mass is 10.1. The van der Waals surface area contributed by atoms with Gasteiger partial charge in [-0.15, -0.1) is 0 Å². The predicted octanol–water partition coefficient (Wildman–Crippen LogP) is 2.93. The van der Waals surface area contributed by atoms with Crippen molar-refractivity contribution < 1.29 is 13.2 Å². The van der Waals surface area contributed by atoms with E-state index in [1.807, 2.05) is 0 Å². The Labute approximate surface area is 124 Å². The van der Waals surface area contributed by atoms with E-state index in [4.69, 9.17) is 5.26 Å². The molecule has 1 N–H and O–H groups in total. The zero-order valence-electron chi connectivity index (χ0n) is 11.4. The Morgan fingerprint density at radius 2 is 2.23 bits per heavy atom. The highest BCUT2D eigenvalue weighted by Gasteiger charge is 2.40. The molecule has 0 amide bonds. The van der Waals surface area contributed by atoms with Gasteiger partial charge in [0.1, 0.15) is 18.2 Å². The summed E-state index contributed by atoms with van der Waals surface area (Å²) < 4.78 is 40.1. The summed E-state index contributed by atoms with van der Waals surface area (Å²) in [5.74, 6) is 0.724. The molecule has 0 aliphatic carbocycles. The van der Waals surface area contributed by atoms with Gasteiger partial charge in [0.2, 0.25) is 0 Å². The highest BCUT2D eigenvalue weighted by molar-refractivity contribution is 5.69. The summed E-state index contributed by atoms with van der Waals surface area (Å²) in [6, 6.07) is 1.32. The number of nitriles is 1. The van der Waals surface area contributed by atoms with Gasteiger partial charge in [-0.05, 0) is 12.5 Å². The lowest BCUT2D eigenvalue weighted by molar-refractivity contribution is -0.166. The minimum absolute atomic E-state index is 0.592. The lowest BCUT2D eigenvalue weighted by Gasteiger charge is -2.19. The van der Waals surface area contributed by atoms with Crippen LogP contribution in [0.1, 0.15) is 18.0 Å². The van der Waals surface area contributed by atoms with E-state index in [0.717, 1.165) is 28.9 Å². The highest BCUT2D eigenvalue weighted by Crippen LogP contribution is 2.35. The quantitative estimate of drug-likeness (QED) is 0.947. The van der Waals surface area contributed by atoms with Crippen LogP contribution in [0.2, 0.25) is 0 Å². The van der Waals surface area contributed by atoms with Crippen molar-refractivity contribution >= 4 is 5.82 Å². The zero-order valence-corrected chi connectivity index (χ0v) is 11.4. The molecule has 0 spiro atoms. The van der Waals surface area contributed by atoms with Crippen LogP contribution in [0.4, 0.5) is 19.0 Å². The fourth-order valence-electron chi connectivity index (χ4n) is 2.58. The molecule has 114 valence electrons. The molecule has 8 heteroatoms. The second-order valence-electron chi connectivity index (χ2n) is 4.99. The Morgan fingerprint density at radius 1 is 1.41 bits per heavy atom. The van der Waals surface area contributed by atoms with Crippen LogP contribution < -0.4 is 5.32 Å². The van der Waals surface area contributed by atoms with E-state index in [1.165, 1.54) is 18.7 Å². The number of nitrogens with zero attached hydrogens (tertiary/aromatic N) is 4. The van der Waals surface area contributed by atoms with Gasteiger partial charge in [-0.2, -0.15) is 18.4 Å². The molecule has 0 saturated heterocycles. The van der Waals surface area contributed by atoms with E-state index >= 15 is 0 Å². The molecule has 2 aromatic heterocycles. The molecule has 1 atom stereocenters. The van der Waals surface area contributed by atoms with Gasteiger partial charge >= 0.3 is 6.18 Å². The van der Waals surface area contributed by atoms with E-state index in [0.29, 0.717) is 11.3 Å². The fourth-order valence-corrected chi connectivity index (χ4v) is 2.58. The minimum atomic E-state index is -4.47. The first-order valence-electron chi connectivity index (χ1n) is 6.70. The molecule has 0 bridgehead atoms. The Balaban J connectivity index is 1.98. The summed E-state index contributed by atoms with van der Waals surface area (Å²) in [6.45, 7) is 0.737. The van der Waals surface area contributed by atoms with Gasteiger partial charge in [0.05, 0.1) is 18.2 Å². The maximum absolute atomic E-state index is 13.0. The van der Waals surface area contributed by atoms with Crippen molar-refractivity contribution in [3.8, 4) is 17.3 Å². The van der Waals surface area contributed by atoms with Crippen molar-refractivity contribution in [3.63, 3.8) is 0 Å². The third-order valence-electron chi connectivity index (χ3n) is 3.62. The minimum Gasteiger partial charge on any atom is -0.369 e. The summed E-state index contributed by atoms with van der Waals surface area (Å²) in [6.07, 6.45) is -0.252. The van der Waals surface area contributed by atoms with Gasteiger partial charge in [0.15, 0.2) is 0 Å². The van der Waals surface area contributed by atoms with Crippen LogP contribution in [0.25, 0.3) is 11.3 Å². The van der Waals surface area contributed by atoms with E-state index in [9.17, 15) is 13.2 Å². The van der Waals surface area contributed by atoms with Crippen LogP contribution >= 0.6 is 0 Å². The van der Waals surface area contributed by atoms with Gasteiger partial charge in [0.25, 0.3) is 0 Å². The van der Waals surface area contributed by atoms with Gasteiger partial charge in [-0.1, -0.05) is 0 Å². The predicted molar refractivity (Wildman–Crippen MR) is 73.0 cm³/mol. The third-order valence-corrected chi connectivity index (χ3v) is 3.62. The van der Waals surface area contributed by atoms with E-state index in [2.05, 4.69) is 15.3 Å². The molecule has 0 radical (unpaired) electrons. The number of aromatic nitrogens is 3. The molecule has 3 rings (SSSR count). The number of alkyl halides is 3. The van der Waals surface area contributed by atoms with Crippen LogP contribution in [-0.2, 0) is 6.42 Å². The summed E-state index contributed by atoms with van der Waals surface area (Å²) in [7, 11) is 0. The monoisotopic (exact) mass is 307 g/mol. The van der Waals surface area contributed by atoms with Gasteiger partial charge in [-0.25, -0.2) is 9.97 Å². The standard InChI is InChI=1S/C14H12F3N5/c15-14(16,17)11(1-4-18)22-6-3-9(7-22)12-10-2-5-19-13(10)21-8-20-12/h3,6-8,11H,1-2,5H2,(H,19,20,21)/t11-/m1/s1. The van der Waals surface area contributed by atoms with Crippen LogP contribution in [0.5, 0.6) is 0 Å². The largest absolute Gasteiger partial charge is 0.410 e. The first-order valence-corrected chi connectivity index (χ1v) is 6.70. The molecule has 0 fully saturated rings. The zero-order chi connectivity index (χ0) is 15.7. The van der Waals surface area contributed by atoms with Crippen molar-refractivity contribution in [1.29, 1.82) is 5.26 Å². The van der Waals surface area contributed by atoms with Crippen LogP contribution in [0.15, 0.2) is 24.8 Å². The molecule has 5 nitrogen and oxygen atoms in total. The Kier molecular flexibility index (Phi) is 3.48. The molecule has 0 aromatic carbocycles. The molecule has 22 heavy (non-hydrogen) atoms. The smallest absolute Gasteiger partial charge is 0.369 e. The van der Waals surface area contributed by atoms with E-state index in [1.54, 1.807) is 12.1 Å². The number of rotatable bonds is 3. The summed E-state index contributed by atoms with van der Waals surface area (Å²) in [4.78, 5) is 8.29. The molecule has 1 aliphatic heterocycles. The number of halogens is 3. The van der Waals surface area contributed by atoms with E-state index in [-0.39, 0.29) is 0 Å². The number of hydrogen-bond acceptors (Lipinski definition) is 4. The Morgan fingerprint density at radius 3 is 2.95 bits per heavy atom. The highest BCUT2D eigenvalue weighted by atomic mass is 19.4. The number of hydrogen-bond donors (Lipinski definition) is 1. The van der Waals surface area contributed by atoms with Crippen molar-refractivity contribution in [2.75, 3.05) is 11.9 Å². The van der Waals surface area contributed by atoms with Crippen molar-refractivity contribution in [1.82, 2.24) is 14.5 Å². The molecule has 3 heterocycles. The lowest BCUT2D eigenvalue weighted by Crippen LogP contribution is -2.25. The third kappa shape index (κ3) is 2.50. The molecule has 1 aliphatic rings. The fraction of sp³-hybridized carbons (Fsp3) is 0.357. The molecule has 0 unspecified atom stereocenters. The second kappa shape index (κ2) is 5.33. The first-order chi connectivity index (χ1) is 10.5.